The van der Waals surface area contributed by atoms with Gasteiger partial charge >= 0.3 is 5.97 Å². The highest BCUT2D eigenvalue weighted by Gasteiger charge is 2.31. The summed E-state index contributed by atoms with van der Waals surface area (Å²) < 4.78 is 0. The molecule has 1 aromatic carbocycles. The van der Waals surface area contributed by atoms with Gasteiger partial charge in [0.25, 0.3) is 0 Å². The third-order valence-corrected chi connectivity index (χ3v) is 2.98. The van der Waals surface area contributed by atoms with E-state index in [1.54, 1.807) is 0 Å². The van der Waals surface area contributed by atoms with Crippen LogP contribution in [-0.4, -0.2) is 39.8 Å². The summed E-state index contributed by atoms with van der Waals surface area (Å²) in [6.07, 6.45) is 0.900. The van der Waals surface area contributed by atoms with Crippen LogP contribution in [0, 0.1) is 0 Å². The minimum Gasteiger partial charge on any atom is -0.479 e. The number of aliphatic carboxylic acids is 1. The molecule has 2 rings (SSSR count). The van der Waals surface area contributed by atoms with Crippen LogP contribution in [0.4, 0.5) is 0 Å². The number of aliphatic hydroxyl groups is 1. The lowest BCUT2D eigenvalue weighted by molar-refractivity contribution is -0.147. The van der Waals surface area contributed by atoms with Crippen LogP contribution >= 0.6 is 0 Å². The molecule has 0 bridgehead atoms. The predicted molar refractivity (Wildman–Crippen MR) is 63.5 cm³/mol. The largest absolute Gasteiger partial charge is 0.479 e. The molecule has 1 saturated carbocycles. The third-order valence-electron chi connectivity index (χ3n) is 2.98. The quantitative estimate of drug-likeness (QED) is 0.775. The molecule has 1 fully saturated rings. The minimum absolute atomic E-state index is 0.203. The Balaban J connectivity index is 1.96. The zero-order valence-corrected chi connectivity index (χ0v) is 9.62. The number of rotatable bonds is 6. The fourth-order valence-corrected chi connectivity index (χ4v) is 1.90. The molecule has 92 valence electrons. The van der Waals surface area contributed by atoms with Gasteiger partial charge in [-0.05, 0) is 18.4 Å². The maximum atomic E-state index is 10.7. The maximum absolute atomic E-state index is 10.7. The lowest BCUT2D eigenvalue weighted by atomic mass is 10.2. The smallest absolute Gasteiger partial charge is 0.333 e. The SMILES string of the molecule is O=C(O)C(O)CN(Cc1ccccc1)C1CC1. The summed E-state index contributed by atoms with van der Waals surface area (Å²) in [4.78, 5) is 12.7. The molecule has 1 aliphatic carbocycles. The number of benzene rings is 1. The zero-order chi connectivity index (χ0) is 12.3. The van der Waals surface area contributed by atoms with Crippen LogP contribution in [0.5, 0.6) is 0 Å². The van der Waals surface area contributed by atoms with E-state index in [2.05, 4.69) is 0 Å². The van der Waals surface area contributed by atoms with E-state index < -0.39 is 12.1 Å². The Kier molecular flexibility index (Phi) is 3.76. The number of carboxylic acids is 1. The molecule has 2 N–H and O–H groups in total. The van der Waals surface area contributed by atoms with Crippen LogP contribution < -0.4 is 0 Å². The lowest BCUT2D eigenvalue weighted by Gasteiger charge is -2.23. The molecule has 1 atom stereocenters. The van der Waals surface area contributed by atoms with E-state index in [0.29, 0.717) is 12.6 Å². The molecule has 0 spiro atoms. The van der Waals surface area contributed by atoms with Crippen LogP contribution in [0.3, 0.4) is 0 Å². The number of hydrogen-bond acceptors (Lipinski definition) is 3. The molecule has 0 saturated heterocycles. The Morgan fingerprint density at radius 1 is 1.35 bits per heavy atom. The maximum Gasteiger partial charge on any atom is 0.333 e. The minimum atomic E-state index is -1.29. The van der Waals surface area contributed by atoms with Gasteiger partial charge in [0.1, 0.15) is 0 Å². The monoisotopic (exact) mass is 235 g/mol. The normalized spacial score (nSPS) is 17.1. The van der Waals surface area contributed by atoms with Crippen molar-refractivity contribution in [1.82, 2.24) is 4.90 Å². The zero-order valence-electron chi connectivity index (χ0n) is 9.62. The van der Waals surface area contributed by atoms with Gasteiger partial charge in [-0.25, -0.2) is 4.79 Å². The molecule has 0 radical (unpaired) electrons. The van der Waals surface area contributed by atoms with Crippen LogP contribution in [-0.2, 0) is 11.3 Å². The fourth-order valence-electron chi connectivity index (χ4n) is 1.90. The van der Waals surface area contributed by atoms with Crippen LogP contribution in [0.1, 0.15) is 18.4 Å². The van der Waals surface area contributed by atoms with E-state index >= 15 is 0 Å². The Morgan fingerprint density at radius 2 is 2.00 bits per heavy atom. The molecule has 0 amide bonds. The molecule has 1 aromatic rings. The predicted octanol–water partition coefficient (Wildman–Crippen LogP) is 1.10. The highest BCUT2D eigenvalue weighted by molar-refractivity contribution is 5.72. The van der Waals surface area contributed by atoms with Crippen molar-refractivity contribution in [3.05, 3.63) is 35.9 Å². The van der Waals surface area contributed by atoms with Gasteiger partial charge < -0.3 is 10.2 Å². The second-order valence-electron chi connectivity index (χ2n) is 4.50. The van der Waals surface area contributed by atoms with E-state index in [1.165, 1.54) is 0 Å². The molecule has 1 aliphatic rings. The highest BCUT2D eigenvalue weighted by Crippen LogP contribution is 2.28. The molecule has 1 unspecified atom stereocenters. The Hall–Kier alpha value is -1.39. The molecular formula is C13H17NO3. The van der Waals surface area contributed by atoms with Crippen LogP contribution in [0.2, 0.25) is 0 Å². The molecule has 0 aromatic heterocycles. The second kappa shape index (κ2) is 5.29. The van der Waals surface area contributed by atoms with Gasteiger partial charge in [-0.3, -0.25) is 4.90 Å². The lowest BCUT2D eigenvalue weighted by Crippen LogP contribution is -2.37. The van der Waals surface area contributed by atoms with E-state index in [0.717, 1.165) is 18.4 Å². The van der Waals surface area contributed by atoms with E-state index in [1.807, 2.05) is 35.2 Å². The summed E-state index contributed by atoms with van der Waals surface area (Å²) in [5, 5.41) is 18.1. The molecular weight excluding hydrogens is 218 g/mol. The van der Waals surface area contributed by atoms with Crippen molar-refractivity contribution < 1.29 is 15.0 Å². The Bertz CT molecular complexity index is 376. The summed E-state index contributed by atoms with van der Waals surface area (Å²) in [5.41, 5.74) is 1.15. The number of carboxylic acid groups (broad SMARTS) is 1. The topological polar surface area (TPSA) is 60.8 Å². The van der Waals surface area contributed by atoms with Gasteiger partial charge in [-0.2, -0.15) is 0 Å². The van der Waals surface area contributed by atoms with Crippen molar-refractivity contribution in [2.45, 2.75) is 31.5 Å². The first kappa shape index (κ1) is 12.1. The van der Waals surface area contributed by atoms with Crippen molar-refractivity contribution in [2.75, 3.05) is 6.54 Å². The van der Waals surface area contributed by atoms with E-state index in [4.69, 9.17) is 5.11 Å². The van der Waals surface area contributed by atoms with Crippen molar-refractivity contribution in [1.29, 1.82) is 0 Å². The number of carbonyl (C=O) groups is 1. The highest BCUT2D eigenvalue weighted by atomic mass is 16.4. The van der Waals surface area contributed by atoms with Crippen molar-refractivity contribution in [2.24, 2.45) is 0 Å². The summed E-state index contributed by atoms with van der Waals surface area (Å²) in [6, 6.07) is 10.4. The van der Waals surface area contributed by atoms with Crippen molar-refractivity contribution in [3.8, 4) is 0 Å². The standard InChI is InChI=1S/C13H17NO3/c15-12(13(16)17)9-14(11-6-7-11)8-10-4-2-1-3-5-10/h1-5,11-12,15H,6-9H2,(H,16,17). The Morgan fingerprint density at radius 3 is 2.53 bits per heavy atom. The molecule has 4 heteroatoms. The second-order valence-corrected chi connectivity index (χ2v) is 4.50. The molecule has 4 nitrogen and oxygen atoms in total. The van der Waals surface area contributed by atoms with Gasteiger partial charge in [-0.1, -0.05) is 30.3 Å². The first-order chi connectivity index (χ1) is 8.16. The van der Waals surface area contributed by atoms with Crippen molar-refractivity contribution >= 4 is 5.97 Å². The third kappa shape index (κ3) is 3.54. The first-order valence-electron chi connectivity index (χ1n) is 5.85. The van der Waals surface area contributed by atoms with Gasteiger partial charge in [-0.15, -0.1) is 0 Å². The van der Waals surface area contributed by atoms with E-state index in [9.17, 15) is 9.90 Å². The molecule has 17 heavy (non-hydrogen) atoms. The van der Waals surface area contributed by atoms with Gasteiger partial charge in [0, 0.05) is 19.1 Å². The average molecular weight is 235 g/mol. The first-order valence-corrected chi connectivity index (χ1v) is 5.85. The molecule has 0 aliphatic heterocycles. The van der Waals surface area contributed by atoms with Crippen LogP contribution in [0.15, 0.2) is 30.3 Å². The number of hydrogen-bond donors (Lipinski definition) is 2. The Labute approximate surface area is 100 Å². The van der Waals surface area contributed by atoms with Gasteiger partial charge in [0.2, 0.25) is 0 Å². The average Bonchev–Trinajstić information content (AvgIpc) is 3.13. The number of aliphatic hydroxyl groups excluding tert-OH is 1. The van der Waals surface area contributed by atoms with E-state index in [-0.39, 0.29) is 6.54 Å². The van der Waals surface area contributed by atoms with Crippen LogP contribution in [0.25, 0.3) is 0 Å². The van der Waals surface area contributed by atoms with Gasteiger partial charge in [0.15, 0.2) is 6.10 Å². The summed E-state index contributed by atoms with van der Waals surface area (Å²) >= 11 is 0. The summed E-state index contributed by atoms with van der Waals surface area (Å²) in [6.45, 7) is 0.907. The number of nitrogens with zero attached hydrogens (tertiary/aromatic N) is 1. The summed E-state index contributed by atoms with van der Waals surface area (Å²) in [5.74, 6) is -1.15. The summed E-state index contributed by atoms with van der Waals surface area (Å²) in [7, 11) is 0. The molecule has 0 heterocycles. The van der Waals surface area contributed by atoms with Crippen molar-refractivity contribution in [3.63, 3.8) is 0 Å². The fraction of sp³-hybridized carbons (Fsp3) is 0.462. The van der Waals surface area contributed by atoms with Gasteiger partial charge in [0.05, 0.1) is 0 Å².